The Balaban J connectivity index is 1.73. The molecule has 3 heterocycles. The molecule has 0 saturated carbocycles. The molecule has 0 amide bonds. The van der Waals surface area contributed by atoms with E-state index in [4.69, 9.17) is 9.47 Å². The Morgan fingerprint density at radius 3 is 2.96 bits per heavy atom. The lowest BCUT2D eigenvalue weighted by Gasteiger charge is -2.11. The molecule has 2 aromatic heterocycles. The van der Waals surface area contributed by atoms with Crippen LogP contribution in [0.4, 0.5) is 0 Å². The summed E-state index contributed by atoms with van der Waals surface area (Å²) in [5, 5.41) is 15.4. The van der Waals surface area contributed by atoms with Crippen LogP contribution in [0.5, 0.6) is 11.5 Å². The van der Waals surface area contributed by atoms with Crippen LogP contribution in [0.1, 0.15) is 22.6 Å². The predicted molar refractivity (Wildman–Crippen MR) is 95.5 cm³/mol. The summed E-state index contributed by atoms with van der Waals surface area (Å²) in [5.41, 5.74) is 4.53. The Labute approximate surface area is 145 Å². The highest BCUT2D eigenvalue weighted by Crippen LogP contribution is 2.31. The van der Waals surface area contributed by atoms with Gasteiger partial charge in [0.2, 0.25) is 0 Å². The highest BCUT2D eigenvalue weighted by atomic mass is 16.5. The molecule has 0 atom stereocenters. The molecule has 0 spiro atoms. The molecule has 1 aliphatic heterocycles. The molecule has 128 valence electrons. The smallest absolute Gasteiger partial charge is 0.142 e. The van der Waals surface area contributed by atoms with Gasteiger partial charge >= 0.3 is 0 Å². The average Bonchev–Trinajstić information content (AvgIpc) is 2.96. The number of phenols is 1. The number of ether oxygens (including phenoxy) is 2. The topological polar surface area (TPSA) is 69.4 Å². The van der Waals surface area contributed by atoms with E-state index in [0.717, 1.165) is 41.1 Å². The Morgan fingerprint density at radius 1 is 1.24 bits per heavy atom. The Kier molecular flexibility index (Phi) is 3.89. The largest absolute Gasteiger partial charge is 0.506 e. The van der Waals surface area contributed by atoms with E-state index in [9.17, 15) is 5.11 Å². The first kappa shape index (κ1) is 15.7. The zero-order chi connectivity index (χ0) is 17.4. The van der Waals surface area contributed by atoms with E-state index in [2.05, 4.69) is 10.1 Å². The van der Waals surface area contributed by atoms with Gasteiger partial charge in [-0.05, 0) is 36.4 Å². The highest BCUT2D eigenvalue weighted by molar-refractivity contribution is 5.90. The van der Waals surface area contributed by atoms with Crippen molar-refractivity contribution in [1.29, 1.82) is 0 Å². The Morgan fingerprint density at radius 2 is 2.12 bits per heavy atom. The second kappa shape index (κ2) is 6.22. The van der Waals surface area contributed by atoms with E-state index in [1.807, 2.05) is 36.0 Å². The van der Waals surface area contributed by atoms with Crippen molar-refractivity contribution < 1.29 is 14.6 Å². The molecule has 0 bridgehead atoms. The minimum Gasteiger partial charge on any atom is -0.506 e. The first-order valence-electron chi connectivity index (χ1n) is 8.14. The van der Waals surface area contributed by atoms with Crippen LogP contribution < -0.4 is 4.74 Å². The number of pyridine rings is 1. The number of fused-ring (bicyclic) bond motifs is 2. The van der Waals surface area contributed by atoms with Crippen LogP contribution in [-0.2, 0) is 24.8 Å². The minimum atomic E-state index is 0.136. The van der Waals surface area contributed by atoms with Crippen LogP contribution in [0, 0.1) is 0 Å². The molecule has 1 aliphatic rings. The molecular weight excluding hydrogens is 318 g/mol. The maximum Gasteiger partial charge on any atom is 0.142 e. The number of aryl methyl sites for hydroxylation is 1. The number of benzene rings is 1. The first-order valence-corrected chi connectivity index (χ1v) is 8.14. The fourth-order valence-electron chi connectivity index (χ4n) is 3.17. The number of hydrogen-bond acceptors (Lipinski definition) is 5. The summed E-state index contributed by atoms with van der Waals surface area (Å²) in [6.45, 7) is 1.31. The van der Waals surface area contributed by atoms with Crippen molar-refractivity contribution in [2.45, 2.75) is 13.0 Å². The van der Waals surface area contributed by atoms with Crippen LogP contribution in [0.2, 0.25) is 0 Å². The lowest BCUT2D eigenvalue weighted by Crippen LogP contribution is -2.08. The molecular formula is C19H19N3O3. The zero-order valence-electron chi connectivity index (χ0n) is 14.2. The third-order valence-corrected chi connectivity index (χ3v) is 4.46. The van der Waals surface area contributed by atoms with Crippen LogP contribution >= 0.6 is 0 Å². The summed E-state index contributed by atoms with van der Waals surface area (Å²) >= 11 is 0. The summed E-state index contributed by atoms with van der Waals surface area (Å²) in [6, 6.07) is 7.13. The third kappa shape index (κ3) is 2.74. The van der Waals surface area contributed by atoms with Gasteiger partial charge in [0.25, 0.3) is 0 Å². The van der Waals surface area contributed by atoms with Crippen LogP contribution in [0.15, 0.2) is 24.3 Å². The van der Waals surface area contributed by atoms with Gasteiger partial charge in [0.05, 0.1) is 37.4 Å². The van der Waals surface area contributed by atoms with E-state index in [0.29, 0.717) is 17.9 Å². The molecule has 6 heteroatoms. The van der Waals surface area contributed by atoms with Gasteiger partial charge in [-0.15, -0.1) is 0 Å². The third-order valence-electron chi connectivity index (χ3n) is 4.46. The van der Waals surface area contributed by atoms with Crippen LogP contribution in [0.3, 0.4) is 0 Å². The molecule has 4 rings (SSSR count). The number of methoxy groups -OCH3 is 1. The summed E-state index contributed by atoms with van der Waals surface area (Å²) in [6.07, 6.45) is 4.76. The summed E-state index contributed by atoms with van der Waals surface area (Å²) in [7, 11) is 3.54. The zero-order valence-corrected chi connectivity index (χ0v) is 14.2. The monoisotopic (exact) mass is 337 g/mol. The van der Waals surface area contributed by atoms with Crippen molar-refractivity contribution in [2.24, 2.45) is 7.05 Å². The van der Waals surface area contributed by atoms with E-state index in [1.165, 1.54) is 0 Å². The number of rotatable bonds is 3. The Bertz CT molecular complexity index is 976. The minimum absolute atomic E-state index is 0.136. The molecule has 0 saturated heterocycles. The fraction of sp³-hybridized carbons (Fsp3) is 0.263. The molecule has 0 aliphatic carbocycles. The van der Waals surface area contributed by atoms with Gasteiger partial charge in [-0.25, -0.2) is 4.98 Å². The van der Waals surface area contributed by atoms with Crippen LogP contribution in [0.25, 0.3) is 23.1 Å². The lowest BCUT2D eigenvalue weighted by atomic mass is 10.1. The van der Waals surface area contributed by atoms with E-state index < -0.39 is 0 Å². The van der Waals surface area contributed by atoms with Crippen molar-refractivity contribution in [3.05, 3.63) is 46.9 Å². The van der Waals surface area contributed by atoms with Crippen molar-refractivity contribution in [3.63, 3.8) is 0 Å². The SMILES string of the molecule is COc1ccc(O)c2nc(/C=C/c3c4c(nn3C)CCOC4)ccc12. The number of aromatic nitrogens is 3. The molecule has 3 aromatic rings. The van der Waals surface area contributed by atoms with Crippen molar-refractivity contribution in [3.8, 4) is 11.5 Å². The number of nitrogens with zero attached hydrogens (tertiary/aromatic N) is 3. The summed E-state index contributed by atoms with van der Waals surface area (Å²) < 4.78 is 12.7. The van der Waals surface area contributed by atoms with Crippen molar-refractivity contribution in [1.82, 2.24) is 14.8 Å². The molecule has 1 aromatic carbocycles. The highest BCUT2D eigenvalue weighted by Gasteiger charge is 2.18. The maximum atomic E-state index is 10.1. The fourth-order valence-corrected chi connectivity index (χ4v) is 3.17. The van der Waals surface area contributed by atoms with Gasteiger partial charge in [0, 0.05) is 24.4 Å². The summed E-state index contributed by atoms with van der Waals surface area (Å²) in [5.74, 6) is 0.825. The second-order valence-electron chi connectivity index (χ2n) is 5.99. The molecule has 0 unspecified atom stereocenters. The molecule has 1 N–H and O–H groups in total. The van der Waals surface area contributed by atoms with E-state index in [1.54, 1.807) is 19.2 Å². The lowest BCUT2D eigenvalue weighted by molar-refractivity contribution is 0.110. The van der Waals surface area contributed by atoms with Crippen LogP contribution in [-0.4, -0.2) is 33.6 Å². The van der Waals surface area contributed by atoms with Crippen molar-refractivity contribution >= 4 is 23.1 Å². The van der Waals surface area contributed by atoms with Gasteiger partial charge in [-0.1, -0.05) is 0 Å². The van der Waals surface area contributed by atoms with Gasteiger partial charge in [0.1, 0.15) is 17.0 Å². The van der Waals surface area contributed by atoms with E-state index in [-0.39, 0.29) is 5.75 Å². The number of aromatic hydroxyl groups is 1. The number of hydrogen-bond donors (Lipinski definition) is 1. The quantitative estimate of drug-likeness (QED) is 0.796. The standard InChI is InChI=1S/C19H19N3O3/c1-22-16(14-11-25-10-9-15(14)21-22)6-4-12-3-5-13-18(24-2)8-7-17(23)19(13)20-12/h3-8,23H,9-11H2,1-2H3/b6-4+. The predicted octanol–water partition coefficient (Wildman–Crippen LogP) is 2.93. The molecule has 0 radical (unpaired) electrons. The molecule has 0 fully saturated rings. The first-order chi connectivity index (χ1) is 12.2. The molecule has 6 nitrogen and oxygen atoms in total. The Hall–Kier alpha value is -2.86. The summed E-state index contributed by atoms with van der Waals surface area (Å²) in [4.78, 5) is 4.55. The average molecular weight is 337 g/mol. The second-order valence-corrected chi connectivity index (χ2v) is 5.99. The number of phenolic OH excluding ortho intramolecular Hbond substituents is 1. The maximum absolute atomic E-state index is 10.1. The normalized spacial score (nSPS) is 14.2. The van der Waals surface area contributed by atoms with Gasteiger partial charge < -0.3 is 14.6 Å². The van der Waals surface area contributed by atoms with Gasteiger partial charge in [-0.3, -0.25) is 4.68 Å². The molecule has 25 heavy (non-hydrogen) atoms. The van der Waals surface area contributed by atoms with Gasteiger partial charge in [0.15, 0.2) is 0 Å². The van der Waals surface area contributed by atoms with E-state index >= 15 is 0 Å². The van der Waals surface area contributed by atoms with Crippen molar-refractivity contribution in [2.75, 3.05) is 13.7 Å². The van der Waals surface area contributed by atoms with Gasteiger partial charge in [-0.2, -0.15) is 5.10 Å².